The van der Waals surface area contributed by atoms with Gasteiger partial charge in [-0.05, 0) is 74.2 Å². The quantitative estimate of drug-likeness (QED) is 0.388. The standard InChI is InChI=1S/C29H41ClN2O.H2O/c1-21(2)28(31-20-22-7-6-10-26(19-22)23-8-4-3-5-9-23)29(33)32-17-15-25(16-18-32)24-11-13-27(30)14-12-24;/h4,6-8,10-13,21-23,25,27-28,31H,3,5,9,14-20H2,1-2H3;1H2/t22?,23?,27?,28-;/m1./s1. The maximum Gasteiger partial charge on any atom is 0.239 e. The molecule has 34 heavy (non-hydrogen) atoms. The van der Waals surface area contributed by atoms with Crippen LogP contribution in [-0.2, 0) is 4.79 Å². The molecule has 4 aliphatic rings. The van der Waals surface area contributed by atoms with Crippen LogP contribution < -0.4 is 5.32 Å². The number of halogens is 1. The first-order chi connectivity index (χ1) is 16.0. The highest BCUT2D eigenvalue weighted by molar-refractivity contribution is 6.22. The van der Waals surface area contributed by atoms with Gasteiger partial charge in [-0.25, -0.2) is 0 Å². The molecule has 1 saturated heterocycles. The van der Waals surface area contributed by atoms with Crippen molar-refractivity contribution in [2.45, 2.75) is 70.2 Å². The molecular formula is C29H43ClN2O2. The largest absolute Gasteiger partial charge is 0.412 e. The van der Waals surface area contributed by atoms with Crippen LogP contribution in [0.2, 0.25) is 0 Å². The van der Waals surface area contributed by atoms with Crippen LogP contribution in [0.25, 0.3) is 0 Å². The lowest BCUT2D eigenvalue weighted by Gasteiger charge is -2.36. The summed E-state index contributed by atoms with van der Waals surface area (Å²) < 4.78 is 0. The van der Waals surface area contributed by atoms with E-state index in [0.29, 0.717) is 17.8 Å². The van der Waals surface area contributed by atoms with Crippen LogP contribution in [0.4, 0.5) is 0 Å². The van der Waals surface area contributed by atoms with Crippen molar-refractivity contribution in [1.82, 2.24) is 10.2 Å². The summed E-state index contributed by atoms with van der Waals surface area (Å²) in [5.41, 5.74) is 2.97. The van der Waals surface area contributed by atoms with Gasteiger partial charge in [-0.2, -0.15) is 0 Å². The lowest BCUT2D eigenvalue weighted by Crippen LogP contribution is -2.52. The Balaban J connectivity index is 0.00000324. The molecule has 0 radical (unpaired) electrons. The maximum atomic E-state index is 13.4. The molecular weight excluding hydrogens is 444 g/mol. The first-order valence-corrected chi connectivity index (χ1v) is 13.5. The van der Waals surface area contributed by atoms with Gasteiger partial charge in [0.25, 0.3) is 0 Å². The van der Waals surface area contributed by atoms with Crippen molar-refractivity contribution in [3.05, 3.63) is 59.8 Å². The number of hydrogen-bond donors (Lipinski definition) is 1. The lowest BCUT2D eigenvalue weighted by atomic mass is 9.81. The van der Waals surface area contributed by atoms with E-state index in [9.17, 15) is 4.79 Å². The molecule has 0 saturated carbocycles. The Hall–Kier alpha value is -1.62. The summed E-state index contributed by atoms with van der Waals surface area (Å²) in [5, 5.41) is 3.80. The highest BCUT2D eigenvalue weighted by Gasteiger charge is 2.31. The minimum atomic E-state index is -0.107. The van der Waals surface area contributed by atoms with E-state index in [1.165, 1.54) is 24.8 Å². The van der Waals surface area contributed by atoms with Gasteiger partial charge in [0.05, 0.1) is 11.4 Å². The SMILES string of the molecule is CC(C)[C@@H](NCC1C=CC=C(C2C=CCCC2)C1)C(=O)N1CCC(C2=CCC(Cl)C=C2)CC1.O. The fourth-order valence-corrected chi connectivity index (χ4v) is 5.90. The average Bonchev–Trinajstić information content (AvgIpc) is 2.85. The molecule has 1 amide bonds. The van der Waals surface area contributed by atoms with Gasteiger partial charge in [-0.1, -0.05) is 68.0 Å². The summed E-state index contributed by atoms with van der Waals surface area (Å²) in [6.07, 6.45) is 26.1. The maximum absolute atomic E-state index is 13.4. The Bertz CT molecular complexity index is 833. The van der Waals surface area contributed by atoms with Crippen LogP contribution in [0, 0.1) is 23.7 Å². The van der Waals surface area contributed by atoms with Gasteiger partial charge in [0.1, 0.15) is 0 Å². The molecule has 0 aromatic heterocycles. The van der Waals surface area contributed by atoms with Crippen molar-refractivity contribution in [2.75, 3.05) is 19.6 Å². The van der Waals surface area contributed by atoms with E-state index >= 15 is 0 Å². The lowest BCUT2D eigenvalue weighted by molar-refractivity contribution is -0.135. The molecule has 1 heterocycles. The molecule has 4 atom stereocenters. The number of allylic oxidation sites excluding steroid dienone is 9. The van der Waals surface area contributed by atoms with Crippen LogP contribution in [0.1, 0.15) is 58.8 Å². The molecule has 4 nitrogen and oxygen atoms in total. The number of alkyl halides is 1. The normalized spacial score (nSPS) is 28.4. The second kappa shape index (κ2) is 12.9. The zero-order valence-electron chi connectivity index (χ0n) is 20.9. The molecule has 1 aliphatic heterocycles. The number of carbonyl (C=O) groups excluding carboxylic acids is 1. The molecule has 3 aliphatic carbocycles. The van der Waals surface area contributed by atoms with Gasteiger partial charge in [0.15, 0.2) is 0 Å². The van der Waals surface area contributed by atoms with Crippen LogP contribution in [-0.4, -0.2) is 47.3 Å². The highest BCUT2D eigenvalue weighted by Crippen LogP contribution is 2.32. The second-order valence-corrected chi connectivity index (χ2v) is 11.2. The number of amides is 1. The van der Waals surface area contributed by atoms with Crippen molar-refractivity contribution < 1.29 is 10.3 Å². The zero-order chi connectivity index (χ0) is 23.2. The monoisotopic (exact) mass is 486 g/mol. The first-order valence-electron chi connectivity index (χ1n) is 13.1. The van der Waals surface area contributed by atoms with E-state index in [1.807, 2.05) is 0 Å². The van der Waals surface area contributed by atoms with Crippen molar-refractivity contribution in [2.24, 2.45) is 23.7 Å². The third-order valence-electron chi connectivity index (χ3n) is 7.81. The number of carbonyl (C=O) groups is 1. The Kier molecular flexibility index (Phi) is 10.2. The van der Waals surface area contributed by atoms with E-state index in [1.54, 1.807) is 5.57 Å². The van der Waals surface area contributed by atoms with Crippen molar-refractivity contribution in [3.8, 4) is 0 Å². The smallest absolute Gasteiger partial charge is 0.239 e. The van der Waals surface area contributed by atoms with Gasteiger partial charge in [-0.3, -0.25) is 4.79 Å². The summed E-state index contributed by atoms with van der Waals surface area (Å²) in [7, 11) is 0. The number of rotatable bonds is 7. The van der Waals surface area contributed by atoms with E-state index in [4.69, 9.17) is 11.6 Å². The molecule has 3 N–H and O–H groups in total. The van der Waals surface area contributed by atoms with Crippen molar-refractivity contribution in [3.63, 3.8) is 0 Å². The van der Waals surface area contributed by atoms with Gasteiger partial charge in [0.2, 0.25) is 5.91 Å². The van der Waals surface area contributed by atoms with Gasteiger partial charge in [-0.15, -0.1) is 11.6 Å². The topological polar surface area (TPSA) is 63.8 Å². The summed E-state index contributed by atoms with van der Waals surface area (Å²) in [5.74, 6) is 2.20. The fraction of sp³-hybridized carbons (Fsp3) is 0.621. The molecule has 1 fully saturated rings. The zero-order valence-corrected chi connectivity index (χ0v) is 21.6. The Morgan fingerprint density at radius 1 is 1.18 bits per heavy atom. The highest BCUT2D eigenvalue weighted by atomic mass is 35.5. The Labute approximate surface area is 211 Å². The Morgan fingerprint density at radius 2 is 1.97 bits per heavy atom. The van der Waals surface area contributed by atoms with E-state index in [2.05, 4.69) is 72.7 Å². The molecule has 0 spiro atoms. The minimum Gasteiger partial charge on any atom is -0.412 e. The van der Waals surface area contributed by atoms with Crippen LogP contribution >= 0.6 is 11.6 Å². The second-order valence-electron chi connectivity index (χ2n) is 10.6. The molecule has 3 unspecified atom stereocenters. The molecule has 5 heteroatoms. The predicted molar refractivity (Wildman–Crippen MR) is 143 cm³/mol. The molecule has 4 rings (SSSR count). The van der Waals surface area contributed by atoms with Crippen LogP contribution in [0.5, 0.6) is 0 Å². The van der Waals surface area contributed by atoms with Crippen LogP contribution in [0.3, 0.4) is 0 Å². The van der Waals surface area contributed by atoms with E-state index < -0.39 is 0 Å². The number of hydrogen-bond acceptors (Lipinski definition) is 2. The average molecular weight is 487 g/mol. The van der Waals surface area contributed by atoms with Crippen molar-refractivity contribution in [1.29, 1.82) is 0 Å². The van der Waals surface area contributed by atoms with Gasteiger partial charge in [0, 0.05) is 19.6 Å². The predicted octanol–water partition coefficient (Wildman–Crippen LogP) is 5.37. The molecule has 0 bridgehead atoms. The molecule has 0 aromatic rings. The molecule has 0 aromatic carbocycles. The Morgan fingerprint density at radius 3 is 2.62 bits per heavy atom. The van der Waals surface area contributed by atoms with Gasteiger partial charge < -0.3 is 15.7 Å². The summed E-state index contributed by atoms with van der Waals surface area (Å²) >= 11 is 6.18. The fourth-order valence-electron chi connectivity index (χ4n) is 5.74. The third kappa shape index (κ3) is 6.96. The summed E-state index contributed by atoms with van der Waals surface area (Å²) in [6, 6.07) is -0.107. The molecule has 188 valence electrons. The summed E-state index contributed by atoms with van der Waals surface area (Å²) in [4.78, 5) is 15.5. The van der Waals surface area contributed by atoms with Gasteiger partial charge >= 0.3 is 0 Å². The number of nitrogens with one attached hydrogen (secondary N) is 1. The third-order valence-corrected chi connectivity index (χ3v) is 8.13. The number of likely N-dealkylation sites (tertiary alicyclic amines) is 1. The van der Waals surface area contributed by atoms with Crippen LogP contribution in [0.15, 0.2) is 59.8 Å². The van der Waals surface area contributed by atoms with Crippen molar-refractivity contribution >= 4 is 17.5 Å². The summed E-state index contributed by atoms with van der Waals surface area (Å²) in [6.45, 7) is 6.91. The number of piperidine rings is 1. The number of nitrogens with zero attached hydrogens (tertiary/aromatic N) is 1. The van der Waals surface area contributed by atoms with E-state index in [0.717, 1.165) is 45.3 Å². The minimum absolute atomic E-state index is 0. The first kappa shape index (κ1) is 27.0. The van der Waals surface area contributed by atoms with E-state index in [-0.39, 0.29) is 28.7 Å².